The molecule has 2 aliphatic heterocycles. The van der Waals surface area contributed by atoms with Crippen molar-refractivity contribution in [2.24, 2.45) is 11.3 Å². The molecule has 0 saturated carbocycles. The minimum absolute atomic E-state index is 0.0601. The minimum atomic E-state index is -1.06. The Morgan fingerprint density at radius 1 is 1.14 bits per heavy atom. The van der Waals surface area contributed by atoms with Crippen molar-refractivity contribution < 1.29 is 27.9 Å². The van der Waals surface area contributed by atoms with Crippen molar-refractivity contribution in [2.45, 2.75) is 78.6 Å². The van der Waals surface area contributed by atoms with Gasteiger partial charge in [0.15, 0.2) is 11.6 Å². The van der Waals surface area contributed by atoms with E-state index in [0.717, 1.165) is 12.1 Å². The van der Waals surface area contributed by atoms with Gasteiger partial charge >= 0.3 is 0 Å². The topological polar surface area (TPSA) is 91.0 Å². The van der Waals surface area contributed by atoms with Gasteiger partial charge in [0.1, 0.15) is 23.6 Å². The van der Waals surface area contributed by atoms with Gasteiger partial charge in [-0.25, -0.2) is 8.78 Å². The number of benzene rings is 1. The van der Waals surface area contributed by atoms with E-state index in [1.54, 1.807) is 30.0 Å². The first kappa shape index (κ1) is 28.6. The standard InChI is InChI=1S/C27H38F2N4O4/c1-15(2)12-22(34)33-14-21(37-17-8-9-18(28)19(29)13-17)23-20(33)10-11-32(23)26(36)24(27(4,5)6)31-25(35)16(3)30-7/h8-9,13-16,20,23-24,30H,10-12H2,1-7H3,(H,31,35). The van der Waals surface area contributed by atoms with Crippen LogP contribution in [0, 0.1) is 23.0 Å². The zero-order valence-electron chi connectivity index (χ0n) is 22.6. The molecule has 4 atom stereocenters. The lowest BCUT2D eigenvalue weighted by atomic mass is 9.85. The molecule has 3 amide bonds. The van der Waals surface area contributed by atoms with Gasteiger partial charge in [-0.2, -0.15) is 0 Å². The summed E-state index contributed by atoms with van der Waals surface area (Å²) in [5, 5.41) is 5.75. The molecule has 2 aliphatic rings. The van der Waals surface area contributed by atoms with Crippen molar-refractivity contribution in [3.63, 3.8) is 0 Å². The Balaban J connectivity index is 1.94. The molecule has 1 fully saturated rings. The average Bonchev–Trinajstić information content (AvgIpc) is 3.39. The highest BCUT2D eigenvalue weighted by molar-refractivity contribution is 5.91. The maximum atomic E-state index is 13.9. The predicted molar refractivity (Wildman–Crippen MR) is 135 cm³/mol. The van der Waals surface area contributed by atoms with Crippen LogP contribution in [-0.2, 0) is 14.4 Å². The Bertz CT molecular complexity index is 1070. The monoisotopic (exact) mass is 520 g/mol. The summed E-state index contributed by atoms with van der Waals surface area (Å²) in [5.41, 5.74) is -0.602. The zero-order chi connectivity index (χ0) is 27.7. The van der Waals surface area contributed by atoms with Crippen molar-refractivity contribution in [1.29, 1.82) is 0 Å². The number of hydrogen-bond donors (Lipinski definition) is 2. The first-order chi connectivity index (χ1) is 17.2. The molecule has 0 spiro atoms. The molecule has 0 bridgehead atoms. The molecule has 204 valence electrons. The van der Waals surface area contributed by atoms with E-state index >= 15 is 0 Å². The van der Waals surface area contributed by atoms with Crippen molar-refractivity contribution in [3.05, 3.63) is 41.8 Å². The average molecular weight is 521 g/mol. The van der Waals surface area contributed by atoms with E-state index in [4.69, 9.17) is 4.74 Å². The number of carbonyl (C=O) groups is 3. The lowest BCUT2D eigenvalue weighted by Crippen LogP contribution is -2.59. The predicted octanol–water partition coefficient (Wildman–Crippen LogP) is 3.18. The number of ether oxygens (including phenoxy) is 1. The van der Waals surface area contributed by atoms with Gasteiger partial charge in [0.25, 0.3) is 0 Å². The van der Waals surface area contributed by atoms with Crippen LogP contribution in [0.5, 0.6) is 5.75 Å². The first-order valence-corrected chi connectivity index (χ1v) is 12.7. The van der Waals surface area contributed by atoms with E-state index in [0.29, 0.717) is 25.1 Å². The fourth-order valence-corrected chi connectivity index (χ4v) is 4.65. The second-order valence-electron chi connectivity index (χ2n) is 11.3. The summed E-state index contributed by atoms with van der Waals surface area (Å²) in [5.74, 6) is -2.29. The van der Waals surface area contributed by atoms with E-state index in [1.165, 1.54) is 6.07 Å². The molecule has 0 radical (unpaired) electrons. The second-order valence-corrected chi connectivity index (χ2v) is 11.3. The number of fused-ring (bicyclic) bond motifs is 1. The number of rotatable bonds is 8. The number of halogens is 2. The Morgan fingerprint density at radius 2 is 1.81 bits per heavy atom. The van der Waals surface area contributed by atoms with Crippen molar-refractivity contribution >= 4 is 17.7 Å². The Hall–Kier alpha value is -3.01. The van der Waals surface area contributed by atoms with E-state index < -0.39 is 35.2 Å². The molecule has 2 heterocycles. The highest BCUT2D eigenvalue weighted by Gasteiger charge is 2.51. The third-order valence-corrected chi connectivity index (χ3v) is 6.79. The van der Waals surface area contributed by atoms with Crippen molar-refractivity contribution in [2.75, 3.05) is 13.6 Å². The van der Waals surface area contributed by atoms with Crippen LogP contribution in [0.1, 0.15) is 54.4 Å². The molecule has 10 heteroatoms. The molecular formula is C27H38F2N4O4. The molecule has 1 aromatic rings. The Labute approximate surface area is 217 Å². The summed E-state index contributed by atoms with van der Waals surface area (Å²) in [6.07, 6.45) is 2.39. The maximum Gasteiger partial charge on any atom is 0.246 e. The lowest BCUT2D eigenvalue weighted by Gasteiger charge is -2.36. The summed E-state index contributed by atoms with van der Waals surface area (Å²) in [7, 11) is 1.66. The van der Waals surface area contributed by atoms with Crippen LogP contribution in [0.4, 0.5) is 8.78 Å². The first-order valence-electron chi connectivity index (χ1n) is 12.7. The van der Waals surface area contributed by atoms with Crippen LogP contribution in [0.25, 0.3) is 0 Å². The molecule has 1 saturated heterocycles. The smallest absolute Gasteiger partial charge is 0.246 e. The summed E-state index contributed by atoms with van der Waals surface area (Å²) < 4.78 is 33.3. The number of nitrogens with one attached hydrogen (secondary N) is 2. The molecular weight excluding hydrogens is 482 g/mol. The highest BCUT2D eigenvalue weighted by Crippen LogP contribution is 2.38. The Morgan fingerprint density at radius 3 is 2.38 bits per heavy atom. The van der Waals surface area contributed by atoms with Crippen LogP contribution >= 0.6 is 0 Å². The van der Waals surface area contributed by atoms with Crippen LogP contribution in [0.15, 0.2) is 30.2 Å². The Kier molecular flexibility index (Phi) is 8.62. The number of hydrogen-bond acceptors (Lipinski definition) is 5. The molecule has 1 aromatic carbocycles. The van der Waals surface area contributed by atoms with Gasteiger partial charge in [-0.1, -0.05) is 34.6 Å². The lowest BCUT2D eigenvalue weighted by molar-refractivity contribution is -0.141. The van der Waals surface area contributed by atoms with Gasteiger partial charge < -0.3 is 25.2 Å². The summed E-state index contributed by atoms with van der Waals surface area (Å²) >= 11 is 0. The zero-order valence-corrected chi connectivity index (χ0v) is 22.6. The van der Waals surface area contributed by atoms with Crippen molar-refractivity contribution in [3.8, 4) is 5.75 Å². The van der Waals surface area contributed by atoms with E-state index in [9.17, 15) is 23.2 Å². The number of likely N-dealkylation sites (tertiary alicyclic amines) is 1. The number of amides is 3. The number of nitrogens with zero attached hydrogens (tertiary/aromatic N) is 2. The molecule has 3 rings (SSSR count). The molecule has 0 aromatic heterocycles. The summed E-state index contributed by atoms with van der Waals surface area (Å²) in [6, 6.07) is 0.882. The van der Waals surface area contributed by atoms with Crippen LogP contribution < -0.4 is 15.4 Å². The van der Waals surface area contributed by atoms with Gasteiger partial charge in [-0.05, 0) is 43.9 Å². The largest absolute Gasteiger partial charge is 0.458 e. The molecule has 4 unspecified atom stereocenters. The fraction of sp³-hybridized carbons (Fsp3) is 0.593. The summed E-state index contributed by atoms with van der Waals surface area (Å²) in [6.45, 7) is 11.6. The van der Waals surface area contributed by atoms with Crippen LogP contribution in [-0.4, -0.2) is 65.3 Å². The number of carbonyl (C=O) groups excluding carboxylic acids is 3. The van der Waals surface area contributed by atoms with Crippen LogP contribution in [0.3, 0.4) is 0 Å². The van der Waals surface area contributed by atoms with Crippen LogP contribution in [0.2, 0.25) is 0 Å². The molecule has 2 N–H and O–H groups in total. The van der Waals surface area contributed by atoms with Gasteiger partial charge in [0.05, 0.1) is 12.1 Å². The molecule has 0 aliphatic carbocycles. The molecule has 37 heavy (non-hydrogen) atoms. The second kappa shape index (κ2) is 11.2. The SMILES string of the molecule is CNC(C)C(=O)NC(C(=O)N1CCC2C1C(Oc1ccc(F)c(F)c1)=CN2C(=O)CC(C)C)C(C)(C)C. The van der Waals surface area contributed by atoms with Gasteiger partial charge in [0.2, 0.25) is 17.7 Å². The third-order valence-electron chi connectivity index (χ3n) is 6.79. The third kappa shape index (κ3) is 6.29. The van der Waals surface area contributed by atoms with Gasteiger partial charge in [-0.15, -0.1) is 0 Å². The van der Waals surface area contributed by atoms with E-state index in [1.807, 2.05) is 34.6 Å². The van der Waals surface area contributed by atoms with Crippen molar-refractivity contribution in [1.82, 2.24) is 20.4 Å². The van der Waals surface area contributed by atoms with E-state index in [2.05, 4.69) is 10.6 Å². The van der Waals surface area contributed by atoms with E-state index in [-0.39, 0.29) is 35.4 Å². The normalized spacial score (nSPS) is 21.0. The highest BCUT2D eigenvalue weighted by atomic mass is 19.2. The van der Waals surface area contributed by atoms with Gasteiger partial charge in [-0.3, -0.25) is 14.4 Å². The maximum absolute atomic E-state index is 13.9. The van der Waals surface area contributed by atoms with Gasteiger partial charge in [0, 0.05) is 25.2 Å². The summed E-state index contributed by atoms with van der Waals surface area (Å²) in [4.78, 5) is 42.9. The fourth-order valence-electron chi connectivity index (χ4n) is 4.65. The molecule has 8 nitrogen and oxygen atoms in total. The minimum Gasteiger partial charge on any atom is -0.458 e. The number of likely N-dealkylation sites (N-methyl/N-ethyl adjacent to an activating group) is 1. The quantitative estimate of drug-likeness (QED) is 0.550.